The molecule has 7 nitrogen and oxygen atoms in total. The van der Waals surface area contributed by atoms with E-state index in [0.717, 1.165) is 37.0 Å². The summed E-state index contributed by atoms with van der Waals surface area (Å²) in [6.07, 6.45) is 8.52. The van der Waals surface area contributed by atoms with Gasteiger partial charge in [-0.1, -0.05) is 26.0 Å². The second kappa shape index (κ2) is 7.22. The summed E-state index contributed by atoms with van der Waals surface area (Å²) in [5.74, 6) is 3.41. The number of ether oxygens (including phenoxy) is 1. The summed E-state index contributed by atoms with van der Waals surface area (Å²) in [4.78, 5) is 19.9. The Morgan fingerprint density at radius 1 is 1.07 bits per heavy atom. The third-order valence-electron chi connectivity index (χ3n) is 7.15. The molecule has 158 valence electrons. The van der Waals surface area contributed by atoms with Crippen LogP contribution < -0.4 is 10.1 Å². The number of anilines is 1. The second-order valence-electron chi connectivity index (χ2n) is 9.78. The Kier molecular flexibility index (Phi) is 4.64. The highest BCUT2D eigenvalue weighted by Gasteiger charge is 2.51. The van der Waals surface area contributed by atoms with Gasteiger partial charge in [-0.3, -0.25) is 10.1 Å². The van der Waals surface area contributed by atoms with E-state index in [1.54, 1.807) is 0 Å². The van der Waals surface area contributed by atoms with Gasteiger partial charge in [-0.15, -0.1) is 0 Å². The second-order valence-corrected chi connectivity index (χ2v) is 9.78. The van der Waals surface area contributed by atoms with E-state index in [9.17, 15) is 10.1 Å². The number of nitrogens with one attached hydrogen (secondary N) is 1. The molecule has 7 heteroatoms. The van der Waals surface area contributed by atoms with E-state index in [1.165, 1.54) is 31.2 Å². The molecule has 4 aliphatic carbocycles. The molecule has 1 aromatic heterocycles. The van der Waals surface area contributed by atoms with Gasteiger partial charge < -0.3 is 10.1 Å². The first kappa shape index (κ1) is 19.3. The number of aromatic nitrogens is 2. The van der Waals surface area contributed by atoms with Gasteiger partial charge in [0.1, 0.15) is 12.1 Å². The van der Waals surface area contributed by atoms with Crippen LogP contribution in [0.2, 0.25) is 0 Å². The van der Waals surface area contributed by atoms with E-state index in [0.29, 0.717) is 11.7 Å². The van der Waals surface area contributed by atoms with Crippen molar-refractivity contribution in [3.63, 3.8) is 0 Å². The van der Waals surface area contributed by atoms with Gasteiger partial charge >= 0.3 is 11.6 Å². The zero-order valence-corrected chi connectivity index (χ0v) is 17.5. The molecular weight excluding hydrogens is 380 g/mol. The van der Waals surface area contributed by atoms with Crippen LogP contribution in [0.1, 0.15) is 63.9 Å². The molecule has 1 N–H and O–H groups in total. The first-order valence-electron chi connectivity index (χ1n) is 11.0. The monoisotopic (exact) mass is 408 g/mol. The normalized spacial score (nSPS) is 29.2. The lowest BCUT2D eigenvalue weighted by molar-refractivity contribution is -0.385. The fraction of sp³-hybridized carbons (Fsp3) is 0.565. The fourth-order valence-corrected chi connectivity index (χ4v) is 6.24. The first-order chi connectivity index (χ1) is 14.4. The van der Waals surface area contributed by atoms with Crippen molar-refractivity contribution in [1.29, 1.82) is 0 Å². The molecule has 0 unspecified atom stereocenters. The summed E-state index contributed by atoms with van der Waals surface area (Å²) in [6.45, 7) is 4.24. The summed E-state index contributed by atoms with van der Waals surface area (Å²) < 4.78 is 5.83. The zero-order chi connectivity index (χ0) is 20.9. The number of hydrogen-bond donors (Lipinski definition) is 1. The predicted octanol–water partition coefficient (Wildman–Crippen LogP) is 5.68. The molecule has 1 aromatic carbocycles. The number of nitrogens with zero attached hydrogens (tertiary/aromatic N) is 3. The van der Waals surface area contributed by atoms with Crippen molar-refractivity contribution >= 4 is 11.5 Å². The Balaban J connectivity index is 1.43. The van der Waals surface area contributed by atoms with Gasteiger partial charge in [0.05, 0.1) is 4.92 Å². The maximum atomic E-state index is 12.0. The first-order valence-corrected chi connectivity index (χ1v) is 11.0. The lowest BCUT2D eigenvalue weighted by Gasteiger charge is -2.57. The number of benzene rings is 1. The third-order valence-corrected chi connectivity index (χ3v) is 7.15. The van der Waals surface area contributed by atoms with Gasteiger partial charge in [0.15, 0.2) is 0 Å². The minimum Gasteiger partial charge on any atom is -0.434 e. The Morgan fingerprint density at radius 3 is 2.20 bits per heavy atom. The molecule has 4 fully saturated rings. The van der Waals surface area contributed by atoms with Crippen molar-refractivity contribution in [2.75, 3.05) is 5.32 Å². The molecule has 4 bridgehead atoms. The van der Waals surface area contributed by atoms with Crippen LogP contribution in [0.3, 0.4) is 0 Å². The van der Waals surface area contributed by atoms with Crippen LogP contribution in [0.25, 0.3) is 0 Å². The number of nitro groups is 1. The quantitative estimate of drug-likeness (QED) is 0.488. The van der Waals surface area contributed by atoms with Crippen LogP contribution >= 0.6 is 0 Å². The fourth-order valence-electron chi connectivity index (χ4n) is 6.24. The molecule has 0 amide bonds. The van der Waals surface area contributed by atoms with E-state index < -0.39 is 4.92 Å². The molecule has 4 saturated carbocycles. The molecule has 6 rings (SSSR count). The predicted molar refractivity (Wildman–Crippen MR) is 114 cm³/mol. The van der Waals surface area contributed by atoms with Crippen molar-refractivity contribution < 1.29 is 9.66 Å². The van der Waals surface area contributed by atoms with Crippen molar-refractivity contribution in [2.24, 2.45) is 17.8 Å². The minimum atomic E-state index is -0.430. The summed E-state index contributed by atoms with van der Waals surface area (Å²) in [5.41, 5.74) is 0.925. The highest BCUT2D eigenvalue weighted by molar-refractivity contribution is 5.63. The van der Waals surface area contributed by atoms with Gasteiger partial charge in [0, 0.05) is 5.54 Å². The SMILES string of the molecule is CC(C)c1ccc(Oc2ncnc(NC34CC5CC(CC(C5)C3)C4)c2[N+](=O)[O-])cc1. The van der Waals surface area contributed by atoms with Crippen molar-refractivity contribution in [3.8, 4) is 11.6 Å². The Bertz CT molecular complexity index is 922. The van der Waals surface area contributed by atoms with Crippen LogP contribution in [-0.2, 0) is 0 Å². The Labute approximate surface area is 176 Å². The molecule has 0 radical (unpaired) electrons. The van der Waals surface area contributed by atoms with E-state index >= 15 is 0 Å². The van der Waals surface area contributed by atoms with Gasteiger partial charge in [-0.25, -0.2) is 4.98 Å². The molecule has 0 aliphatic heterocycles. The van der Waals surface area contributed by atoms with Crippen LogP contribution in [-0.4, -0.2) is 20.4 Å². The molecule has 0 saturated heterocycles. The van der Waals surface area contributed by atoms with Gasteiger partial charge in [0.2, 0.25) is 5.82 Å². The van der Waals surface area contributed by atoms with Crippen molar-refractivity contribution in [1.82, 2.24) is 9.97 Å². The van der Waals surface area contributed by atoms with E-state index in [-0.39, 0.29) is 22.9 Å². The van der Waals surface area contributed by atoms with Gasteiger partial charge in [0.25, 0.3) is 0 Å². The highest BCUT2D eigenvalue weighted by atomic mass is 16.6. The molecule has 0 atom stereocenters. The van der Waals surface area contributed by atoms with E-state index in [1.807, 2.05) is 24.3 Å². The maximum absolute atomic E-state index is 12.0. The molecule has 30 heavy (non-hydrogen) atoms. The molecule has 1 heterocycles. The smallest absolute Gasteiger partial charge is 0.373 e. The van der Waals surface area contributed by atoms with Crippen LogP contribution in [0.4, 0.5) is 11.5 Å². The summed E-state index contributed by atoms with van der Waals surface area (Å²) in [6, 6.07) is 7.60. The molecule has 0 spiro atoms. The van der Waals surface area contributed by atoms with E-state index in [2.05, 4.69) is 29.1 Å². The number of rotatable bonds is 6. The van der Waals surface area contributed by atoms with Crippen molar-refractivity contribution in [3.05, 3.63) is 46.3 Å². The zero-order valence-electron chi connectivity index (χ0n) is 17.5. The average Bonchev–Trinajstić information content (AvgIpc) is 2.67. The molecular formula is C23H28N4O3. The van der Waals surface area contributed by atoms with Gasteiger partial charge in [-0.2, -0.15) is 4.98 Å². The standard InChI is InChI=1S/C23H28N4O3/c1-14(2)18-3-5-19(6-4-18)30-22-20(27(28)29)21(24-13-25-22)26-23-10-15-7-16(11-23)9-17(8-15)12-23/h3-6,13-17H,7-12H2,1-2H3,(H,24,25,26). The number of hydrogen-bond acceptors (Lipinski definition) is 6. The van der Waals surface area contributed by atoms with Gasteiger partial charge in [-0.05, 0) is 79.9 Å². The lowest BCUT2D eigenvalue weighted by atomic mass is 9.53. The van der Waals surface area contributed by atoms with Crippen LogP contribution in [0.15, 0.2) is 30.6 Å². The Morgan fingerprint density at radius 2 is 1.67 bits per heavy atom. The van der Waals surface area contributed by atoms with Crippen LogP contribution in [0, 0.1) is 27.9 Å². The van der Waals surface area contributed by atoms with Crippen LogP contribution in [0.5, 0.6) is 11.6 Å². The Hall–Kier alpha value is -2.70. The summed E-state index contributed by atoms with van der Waals surface area (Å²) >= 11 is 0. The largest absolute Gasteiger partial charge is 0.434 e. The average molecular weight is 409 g/mol. The molecule has 4 aliphatic rings. The van der Waals surface area contributed by atoms with E-state index in [4.69, 9.17) is 4.74 Å². The molecule has 2 aromatic rings. The topological polar surface area (TPSA) is 90.2 Å². The summed E-state index contributed by atoms with van der Waals surface area (Å²) in [5, 5.41) is 15.5. The minimum absolute atomic E-state index is 0.0143. The lowest BCUT2D eigenvalue weighted by Crippen LogP contribution is -2.55. The maximum Gasteiger partial charge on any atom is 0.373 e. The summed E-state index contributed by atoms with van der Waals surface area (Å²) in [7, 11) is 0. The van der Waals surface area contributed by atoms with Crippen molar-refractivity contribution in [2.45, 2.75) is 63.8 Å². The highest BCUT2D eigenvalue weighted by Crippen LogP contribution is 2.57. The third kappa shape index (κ3) is 3.50.